The minimum atomic E-state index is -0.547. The van der Waals surface area contributed by atoms with Crippen LogP contribution >= 0.6 is 11.6 Å². The van der Waals surface area contributed by atoms with Gasteiger partial charge in [-0.25, -0.2) is 0 Å². The number of nitro benzene ring substituents is 1. The van der Waals surface area contributed by atoms with Gasteiger partial charge in [-0.05, 0) is 44.5 Å². The standard InChI is InChI=1S/C14H18ClN3O3/c1-2-14(5-7-16-8-6-14)13(19)17-10-3-4-12(18(20)21)11(15)9-10/h3-4,9,16H,2,5-8H2,1H3,(H,17,19). The lowest BCUT2D eigenvalue weighted by atomic mass is 9.76. The lowest BCUT2D eigenvalue weighted by Gasteiger charge is -2.35. The van der Waals surface area contributed by atoms with E-state index in [2.05, 4.69) is 10.6 Å². The second kappa shape index (κ2) is 6.41. The van der Waals surface area contributed by atoms with Gasteiger partial charge in [-0.2, -0.15) is 0 Å². The Kier molecular flexibility index (Phi) is 4.80. The van der Waals surface area contributed by atoms with Crippen LogP contribution in [-0.2, 0) is 4.79 Å². The summed E-state index contributed by atoms with van der Waals surface area (Å²) in [4.78, 5) is 22.7. The molecular formula is C14H18ClN3O3. The summed E-state index contributed by atoms with van der Waals surface area (Å²) in [6, 6.07) is 4.23. The highest BCUT2D eigenvalue weighted by Gasteiger charge is 2.37. The molecule has 1 amide bonds. The van der Waals surface area contributed by atoms with Crippen molar-refractivity contribution in [1.29, 1.82) is 0 Å². The predicted molar refractivity (Wildman–Crippen MR) is 81.6 cm³/mol. The van der Waals surface area contributed by atoms with E-state index >= 15 is 0 Å². The van der Waals surface area contributed by atoms with E-state index in [0.29, 0.717) is 5.69 Å². The van der Waals surface area contributed by atoms with Crippen molar-refractivity contribution < 1.29 is 9.72 Å². The zero-order valence-electron chi connectivity index (χ0n) is 11.8. The van der Waals surface area contributed by atoms with E-state index in [1.54, 1.807) is 0 Å². The maximum absolute atomic E-state index is 12.5. The third kappa shape index (κ3) is 3.33. The molecule has 1 aromatic carbocycles. The van der Waals surface area contributed by atoms with Gasteiger partial charge in [0.15, 0.2) is 0 Å². The molecule has 7 heteroatoms. The molecular weight excluding hydrogens is 294 g/mol. The number of nitro groups is 1. The third-order valence-corrected chi connectivity index (χ3v) is 4.42. The fourth-order valence-electron chi connectivity index (χ4n) is 2.64. The van der Waals surface area contributed by atoms with Crippen LogP contribution in [0.3, 0.4) is 0 Å². The van der Waals surface area contributed by atoms with Crippen LogP contribution in [0.4, 0.5) is 11.4 Å². The Morgan fingerprint density at radius 1 is 1.48 bits per heavy atom. The summed E-state index contributed by atoms with van der Waals surface area (Å²) in [6.45, 7) is 3.65. The molecule has 1 aliphatic heterocycles. The summed E-state index contributed by atoms with van der Waals surface area (Å²) in [6.07, 6.45) is 2.34. The Labute approximate surface area is 128 Å². The zero-order chi connectivity index (χ0) is 15.5. The van der Waals surface area contributed by atoms with E-state index in [1.165, 1.54) is 18.2 Å². The van der Waals surface area contributed by atoms with Crippen LogP contribution in [-0.4, -0.2) is 23.9 Å². The third-order valence-electron chi connectivity index (χ3n) is 4.12. The van der Waals surface area contributed by atoms with Crippen molar-refractivity contribution in [3.05, 3.63) is 33.3 Å². The van der Waals surface area contributed by atoms with Gasteiger partial charge in [-0.3, -0.25) is 14.9 Å². The molecule has 0 aromatic heterocycles. The number of hydrogen-bond acceptors (Lipinski definition) is 4. The monoisotopic (exact) mass is 311 g/mol. The number of rotatable bonds is 4. The van der Waals surface area contributed by atoms with Crippen LogP contribution in [0.1, 0.15) is 26.2 Å². The first-order chi connectivity index (χ1) is 9.98. The molecule has 1 saturated heterocycles. The van der Waals surface area contributed by atoms with Crippen LogP contribution in [0, 0.1) is 15.5 Å². The first-order valence-electron chi connectivity index (χ1n) is 6.94. The number of anilines is 1. The molecule has 1 heterocycles. The van der Waals surface area contributed by atoms with Crippen LogP contribution < -0.4 is 10.6 Å². The van der Waals surface area contributed by atoms with Crippen molar-refractivity contribution in [2.75, 3.05) is 18.4 Å². The van der Waals surface area contributed by atoms with E-state index in [0.717, 1.165) is 32.4 Å². The summed E-state index contributed by atoms with van der Waals surface area (Å²) in [7, 11) is 0. The summed E-state index contributed by atoms with van der Waals surface area (Å²) >= 11 is 5.86. The van der Waals surface area contributed by atoms with Gasteiger partial charge in [0.2, 0.25) is 5.91 Å². The van der Waals surface area contributed by atoms with Crippen molar-refractivity contribution in [2.24, 2.45) is 5.41 Å². The minimum Gasteiger partial charge on any atom is -0.326 e. The molecule has 0 radical (unpaired) electrons. The van der Waals surface area contributed by atoms with E-state index in [4.69, 9.17) is 11.6 Å². The van der Waals surface area contributed by atoms with E-state index in [9.17, 15) is 14.9 Å². The SMILES string of the molecule is CCC1(C(=O)Nc2ccc([N+](=O)[O-])c(Cl)c2)CCNCC1. The van der Waals surface area contributed by atoms with Crippen LogP contribution in [0.15, 0.2) is 18.2 Å². The zero-order valence-corrected chi connectivity index (χ0v) is 12.6. The molecule has 0 saturated carbocycles. The highest BCUT2D eigenvalue weighted by atomic mass is 35.5. The summed E-state index contributed by atoms with van der Waals surface area (Å²) in [5, 5.41) is 16.8. The normalized spacial score (nSPS) is 17.2. The molecule has 0 spiro atoms. The largest absolute Gasteiger partial charge is 0.326 e. The average molecular weight is 312 g/mol. The van der Waals surface area contributed by atoms with Crippen LogP contribution in [0.5, 0.6) is 0 Å². The number of halogens is 1. The molecule has 0 unspecified atom stereocenters. The molecule has 0 atom stereocenters. The second-order valence-corrected chi connectivity index (χ2v) is 5.67. The highest BCUT2D eigenvalue weighted by Crippen LogP contribution is 2.35. The molecule has 114 valence electrons. The quantitative estimate of drug-likeness (QED) is 0.661. The van der Waals surface area contributed by atoms with Crippen LogP contribution in [0.2, 0.25) is 5.02 Å². The van der Waals surface area contributed by atoms with Gasteiger partial charge < -0.3 is 10.6 Å². The van der Waals surface area contributed by atoms with Crippen molar-refractivity contribution in [3.63, 3.8) is 0 Å². The van der Waals surface area contributed by atoms with E-state index in [1.807, 2.05) is 6.92 Å². The van der Waals surface area contributed by atoms with Gasteiger partial charge in [0.1, 0.15) is 5.02 Å². The smallest absolute Gasteiger partial charge is 0.288 e. The Morgan fingerprint density at radius 2 is 2.14 bits per heavy atom. The number of carbonyl (C=O) groups excluding carboxylic acids is 1. The molecule has 0 aliphatic carbocycles. The molecule has 0 bridgehead atoms. The first-order valence-corrected chi connectivity index (χ1v) is 7.32. The average Bonchev–Trinajstić information content (AvgIpc) is 2.47. The summed E-state index contributed by atoms with van der Waals surface area (Å²) in [5.41, 5.74) is -0.0526. The number of amides is 1. The van der Waals surface area contributed by atoms with E-state index < -0.39 is 4.92 Å². The number of hydrogen-bond donors (Lipinski definition) is 2. The lowest BCUT2D eigenvalue weighted by Crippen LogP contribution is -2.44. The lowest BCUT2D eigenvalue weighted by molar-refractivity contribution is -0.384. The molecule has 21 heavy (non-hydrogen) atoms. The first kappa shape index (κ1) is 15.7. The van der Waals surface area contributed by atoms with Gasteiger partial charge >= 0.3 is 0 Å². The molecule has 1 aromatic rings. The van der Waals surface area contributed by atoms with Gasteiger partial charge in [-0.1, -0.05) is 18.5 Å². The van der Waals surface area contributed by atoms with E-state index in [-0.39, 0.29) is 22.0 Å². The second-order valence-electron chi connectivity index (χ2n) is 5.26. The van der Waals surface area contributed by atoms with Gasteiger partial charge in [0.05, 0.1) is 10.3 Å². The number of benzene rings is 1. The fourth-order valence-corrected chi connectivity index (χ4v) is 2.89. The molecule has 2 N–H and O–H groups in total. The number of nitrogens with zero attached hydrogens (tertiary/aromatic N) is 1. The highest BCUT2D eigenvalue weighted by molar-refractivity contribution is 6.33. The molecule has 1 fully saturated rings. The predicted octanol–water partition coefficient (Wildman–Crippen LogP) is 2.97. The number of carbonyl (C=O) groups is 1. The Hall–Kier alpha value is -1.66. The molecule has 6 nitrogen and oxygen atoms in total. The Balaban J connectivity index is 2.15. The number of piperidine rings is 1. The summed E-state index contributed by atoms with van der Waals surface area (Å²) < 4.78 is 0. The minimum absolute atomic E-state index is 0.0219. The fraction of sp³-hybridized carbons (Fsp3) is 0.500. The maximum Gasteiger partial charge on any atom is 0.288 e. The van der Waals surface area contributed by atoms with Gasteiger partial charge in [0, 0.05) is 11.8 Å². The van der Waals surface area contributed by atoms with Crippen molar-refractivity contribution >= 4 is 28.9 Å². The summed E-state index contributed by atoms with van der Waals surface area (Å²) in [5.74, 6) is -0.0450. The topological polar surface area (TPSA) is 84.3 Å². The van der Waals surface area contributed by atoms with Gasteiger partial charge in [-0.15, -0.1) is 0 Å². The van der Waals surface area contributed by atoms with Crippen molar-refractivity contribution in [1.82, 2.24) is 5.32 Å². The van der Waals surface area contributed by atoms with Crippen molar-refractivity contribution in [3.8, 4) is 0 Å². The Bertz CT molecular complexity index is 556. The molecule has 2 rings (SSSR count). The van der Waals surface area contributed by atoms with Crippen LogP contribution in [0.25, 0.3) is 0 Å². The maximum atomic E-state index is 12.5. The van der Waals surface area contributed by atoms with Crippen molar-refractivity contribution in [2.45, 2.75) is 26.2 Å². The Morgan fingerprint density at radius 3 is 2.67 bits per heavy atom. The number of nitrogens with one attached hydrogen (secondary N) is 2. The van der Waals surface area contributed by atoms with Gasteiger partial charge in [0.25, 0.3) is 5.69 Å². The molecule has 1 aliphatic rings.